The first-order valence-corrected chi connectivity index (χ1v) is 5.53. The monoisotopic (exact) mass is 278 g/mol. The molecule has 1 rings (SSSR count). The lowest BCUT2D eigenvalue weighted by atomic mass is 10.0. The van der Waals surface area contributed by atoms with Crippen molar-refractivity contribution in [1.82, 2.24) is 0 Å². The Labute approximate surface area is 107 Å². The van der Waals surface area contributed by atoms with E-state index >= 15 is 0 Å². The molecular formula is C12H13F3O4. The number of halogens is 3. The van der Waals surface area contributed by atoms with E-state index in [1.165, 1.54) is 0 Å². The maximum Gasteiger partial charge on any atom is 0.308 e. The summed E-state index contributed by atoms with van der Waals surface area (Å²) < 4.78 is 43.7. The first-order chi connectivity index (χ1) is 8.86. The molecule has 0 saturated carbocycles. The Morgan fingerprint density at radius 3 is 2.53 bits per heavy atom. The first kappa shape index (κ1) is 15.5. The summed E-state index contributed by atoms with van der Waals surface area (Å²) in [6, 6.07) is 0.862. The van der Waals surface area contributed by atoms with E-state index < -0.39 is 47.6 Å². The van der Waals surface area contributed by atoms with E-state index in [9.17, 15) is 28.2 Å². The second kappa shape index (κ2) is 6.53. The van der Waals surface area contributed by atoms with Gasteiger partial charge in [0.2, 0.25) is 0 Å². The number of aliphatic hydroxyl groups is 2. The molecule has 19 heavy (non-hydrogen) atoms. The lowest BCUT2D eigenvalue weighted by molar-refractivity contribution is -0.147. The number of ether oxygens (including phenoxy) is 1. The van der Waals surface area contributed by atoms with Crippen molar-refractivity contribution in [3.8, 4) is 0 Å². The number of esters is 1. The third-order valence-corrected chi connectivity index (χ3v) is 2.39. The number of rotatable bonds is 5. The van der Waals surface area contributed by atoms with Gasteiger partial charge in [0.15, 0.2) is 11.6 Å². The van der Waals surface area contributed by atoms with Gasteiger partial charge in [-0.2, -0.15) is 0 Å². The van der Waals surface area contributed by atoms with Crippen LogP contribution in [0.4, 0.5) is 13.2 Å². The topological polar surface area (TPSA) is 66.8 Å². The fourth-order valence-electron chi connectivity index (χ4n) is 1.50. The van der Waals surface area contributed by atoms with Gasteiger partial charge in [0.1, 0.15) is 11.9 Å². The van der Waals surface area contributed by atoms with E-state index in [0.717, 1.165) is 0 Å². The van der Waals surface area contributed by atoms with Crippen molar-refractivity contribution in [1.29, 1.82) is 0 Å². The standard InChI is InChI=1S/C12H13F3O4/c1-2-19-10(17)5-9(16)12(18)7-3-6(13)4-8(14)11(7)15/h3-4,9,12,16,18H,2,5H2,1H3. The lowest BCUT2D eigenvalue weighted by Crippen LogP contribution is -2.24. The molecule has 0 aromatic heterocycles. The minimum atomic E-state index is -1.94. The molecule has 2 unspecified atom stereocenters. The zero-order chi connectivity index (χ0) is 14.6. The van der Waals surface area contributed by atoms with Crippen LogP contribution in [0.15, 0.2) is 12.1 Å². The van der Waals surface area contributed by atoms with Gasteiger partial charge in [-0.25, -0.2) is 13.2 Å². The summed E-state index contributed by atoms with van der Waals surface area (Å²) in [5, 5.41) is 19.1. The van der Waals surface area contributed by atoms with Gasteiger partial charge < -0.3 is 14.9 Å². The normalized spacial score (nSPS) is 14.0. The molecule has 1 aromatic carbocycles. The molecule has 0 spiro atoms. The average Bonchev–Trinajstić information content (AvgIpc) is 2.33. The number of carbonyl (C=O) groups is 1. The fourth-order valence-corrected chi connectivity index (χ4v) is 1.50. The highest BCUT2D eigenvalue weighted by Gasteiger charge is 2.26. The smallest absolute Gasteiger partial charge is 0.308 e. The minimum Gasteiger partial charge on any atom is -0.466 e. The molecule has 2 N–H and O–H groups in total. The summed E-state index contributed by atoms with van der Waals surface area (Å²) in [7, 11) is 0. The van der Waals surface area contributed by atoms with Crippen molar-refractivity contribution in [3.63, 3.8) is 0 Å². The summed E-state index contributed by atoms with van der Waals surface area (Å²) in [4.78, 5) is 11.1. The van der Waals surface area contributed by atoms with Gasteiger partial charge >= 0.3 is 5.97 Å². The van der Waals surface area contributed by atoms with Crippen LogP contribution in [0.5, 0.6) is 0 Å². The van der Waals surface area contributed by atoms with Crippen LogP contribution < -0.4 is 0 Å². The Balaban J connectivity index is 2.88. The summed E-state index contributed by atoms with van der Waals surface area (Å²) in [5.74, 6) is -4.88. The minimum absolute atomic E-state index is 0.0740. The van der Waals surface area contributed by atoms with Crippen LogP contribution in [0, 0.1) is 17.5 Å². The van der Waals surface area contributed by atoms with Gasteiger partial charge in [-0.15, -0.1) is 0 Å². The zero-order valence-corrected chi connectivity index (χ0v) is 10.1. The third kappa shape index (κ3) is 3.93. The Morgan fingerprint density at radius 2 is 1.95 bits per heavy atom. The van der Waals surface area contributed by atoms with E-state index in [1.54, 1.807) is 6.92 Å². The molecule has 4 nitrogen and oxygen atoms in total. The van der Waals surface area contributed by atoms with Gasteiger partial charge in [0, 0.05) is 11.6 Å². The Bertz CT molecular complexity index is 465. The van der Waals surface area contributed by atoms with Crippen molar-refractivity contribution >= 4 is 5.97 Å². The molecule has 0 saturated heterocycles. The maximum absolute atomic E-state index is 13.3. The van der Waals surface area contributed by atoms with Crippen LogP contribution in [0.1, 0.15) is 25.0 Å². The largest absolute Gasteiger partial charge is 0.466 e. The second-order valence-electron chi connectivity index (χ2n) is 3.81. The third-order valence-electron chi connectivity index (χ3n) is 2.39. The van der Waals surface area contributed by atoms with Crippen LogP contribution >= 0.6 is 0 Å². The Hall–Kier alpha value is -1.60. The van der Waals surface area contributed by atoms with E-state index in [-0.39, 0.29) is 6.61 Å². The summed E-state index contributed by atoms with van der Waals surface area (Å²) in [6.07, 6.45) is -4.28. The van der Waals surface area contributed by atoms with Crippen LogP contribution in [-0.2, 0) is 9.53 Å². The summed E-state index contributed by atoms with van der Waals surface area (Å²) in [5.41, 5.74) is -0.755. The van der Waals surface area contributed by atoms with Crippen LogP contribution in [0.25, 0.3) is 0 Å². The number of hydrogen-bond donors (Lipinski definition) is 2. The summed E-state index contributed by atoms with van der Waals surface area (Å²) >= 11 is 0. The van der Waals surface area contributed by atoms with Gasteiger partial charge in [-0.1, -0.05) is 0 Å². The van der Waals surface area contributed by atoms with Crippen LogP contribution in [0.2, 0.25) is 0 Å². The molecule has 0 bridgehead atoms. The maximum atomic E-state index is 13.3. The predicted molar refractivity (Wildman–Crippen MR) is 58.5 cm³/mol. The van der Waals surface area contributed by atoms with Crippen molar-refractivity contribution in [2.45, 2.75) is 25.6 Å². The molecule has 0 fully saturated rings. The van der Waals surface area contributed by atoms with E-state index in [4.69, 9.17) is 0 Å². The highest BCUT2D eigenvalue weighted by molar-refractivity contribution is 5.70. The number of hydrogen-bond acceptors (Lipinski definition) is 4. The number of aliphatic hydroxyl groups excluding tert-OH is 2. The molecule has 106 valence electrons. The number of carbonyl (C=O) groups excluding carboxylic acids is 1. The van der Waals surface area contributed by atoms with Crippen molar-refractivity contribution in [3.05, 3.63) is 35.1 Å². The highest BCUT2D eigenvalue weighted by atomic mass is 19.2. The molecule has 0 radical (unpaired) electrons. The Kier molecular flexibility index (Phi) is 5.31. The fraction of sp³-hybridized carbons (Fsp3) is 0.417. The van der Waals surface area contributed by atoms with Crippen LogP contribution in [0.3, 0.4) is 0 Å². The molecule has 7 heteroatoms. The average molecular weight is 278 g/mol. The van der Waals surface area contributed by atoms with Crippen LogP contribution in [-0.4, -0.2) is 28.9 Å². The highest BCUT2D eigenvalue weighted by Crippen LogP contribution is 2.25. The second-order valence-corrected chi connectivity index (χ2v) is 3.81. The van der Waals surface area contributed by atoms with E-state index in [2.05, 4.69) is 4.74 Å². The van der Waals surface area contributed by atoms with Gasteiger partial charge in [-0.3, -0.25) is 4.79 Å². The molecular weight excluding hydrogens is 265 g/mol. The molecule has 1 aromatic rings. The molecule has 0 aliphatic carbocycles. The van der Waals surface area contributed by atoms with Gasteiger partial charge in [0.05, 0.1) is 19.1 Å². The van der Waals surface area contributed by atoms with Crippen molar-refractivity contribution in [2.75, 3.05) is 6.61 Å². The first-order valence-electron chi connectivity index (χ1n) is 5.53. The van der Waals surface area contributed by atoms with E-state index in [0.29, 0.717) is 12.1 Å². The van der Waals surface area contributed by atoms with Gasteiger partial charge in [0.25, 0.3) is 0 Å². The van der Waals surface area contributed by atoms with Crippen molar-refractivity contribution in [2.24, 2.45) is 0 Å². The SMILES string of the molecule is CCOC(=O)CC(O)C(O)c1cc(F)cc(F)c1F. The van der Waals surface area contributed by atoms with E-state index in [1.807, 2.05) is 0 Å². The lowest BCUT2D eigenvalue weighted by Gasteiger charge is -2.18. The molecule has 0 heterocycles. The summed E-state index contributed by atoms with van der Waals surface area (Å²) in [6.45, 7) is 1.62. The zero-order valence-electron chi connectivity index (χ0n) is 10.1. The molecule has 0 aliphatic rings. The number of benzene rings is 1. The Morgan fingerprint density at radius 1 is 1.32 bits per heavy atom. The van der Waals surface area contributed by atoms with Gasteiger partial charge in [-0.05, 0) is 13.0 Å². The predicted octanol–water partition coefficient (Wildman–Crippen LogP) is 1.45. The molecule has 0 aliphatic heterocycles. The van der Waals surface area contributed by atoms with Crippen molar-refractivity contribution < 1.29 is 32.9 Å². The molecule has 0 amide bonds. The molecule has 2 atom stereocenters. The quantitative estimate of drug-likeness (QED) is 0.632.